The Morgan fingerprint density at radius 3 is 2.35 bits per heavy atom. The highest BCUT2D eigenvalue weighted by molar-refractivity contribution is 5.85. The molecule has 1 N–H and O–H groups in total. The second-order valence-corrected chi connectivity index (χ2v) is 6.26. The van der Waals surface area contributed by atoms with Crippen LogP contribution in [0, 0.1) is 5.92 Å². The predicted octanol–water partition coefficient (Wildman–Crippen LogP) is 2.22. The van der Waals surface area contributed by atoms with E-state index in [0.29, 0.717) is 0 Å². The molecule has 0 aromatic rings. The van der Waals surface area contributed by atoms with Crippen LogP contribution in [-0.4, -0.2) is 49.2 Å². The molecule has 20 heavy (non-hydrogen) atoms. The summed E-state index contributed by atoms with van der Waals surface area (Å²) in [5, 5.41) is 3.17. The van der Waals surface area contributed by atoms with E-state index in [1.807, 2.05) is 13.8 Å². The number of carbonyl (C=O) groups is 1. The van der Waals surface area contributed by atoms with Crippen molar-refractivity contribution in [3.63, 3.8) is 0 Å². The van der Waals surface area contributed by atoms with E-state index < -0.39 is 0 Å². The summed E-state index contributed by atoms with van der Waals surface area (Å²) in [5.41, 5.74) is 0.187. The molecule has 1 amide bonds. The Kier molecular flexibility index (Phi) is 7.27. The first-order valence-electron chi connectivity index (χ1n) is 7.75. The smallest absolute Gasteiger partial charge is 0.222 e. The molecule has 1 aliphatic carbocycles. The third kappa shape index (κ3) is 4.34. The Bertz CT molecular complexity index is 298. The second kappa shape index (κ2) is 8.20. The number of halogens is 1. The van der Waals surface area contributed by atoms with Crippen LogP contribution in [0.25, 0.3) is 0 Å². The highest BCUT2D eigenvalue weighted by atomic mass is 35.5. The van der Waals surface area contributed by atoms with Crippen LogP contribution in [-0.2, 0) is 9.53 Å². The van der Waals surface area contributed by atoms with E-state index in [1.54, 1.807) is 0 Å². The first-order valence-corrected chi connectivity index (χ1v) is 7.75. The van der Waals surface area contributed by atoms with E-state index in [0.717, 1.165) is 32.8 Å². The van der Waals surface area contributed by atoms with Crippen molar-refractivity contribution in [2.75, 3.05) is 32.8 Å². The Morgan fingerprint density at radius 2 is 1.80 bits per heavy atom. The summed E-state index contributed by atoms with van der Waals surface area (Å²) in [4.78, 5) is 14.4. The maximum atomic E-state index is 11.9. The average molecular weight is 305 g/mol. The van der Waals surface area contributed by atoms with E-state index in [9.17, 15) is 4.79 Å². The summed E-state index contributed by atoms with van der Waals surface area (Å²) in [6, 6.07) is 0. The van der Waals surface area contributed by atoms with E-state index in [4.69, 9.17) is 4.74 Å². The van der Waals surface area contributed by atoms with Crippen molar-refractivity contribution in [3.05, 3.63) is 0 Å². The van der Waals surface area contributed by atoms with Crippen LogP contribution in [0.4, 0.5) is 0 Å². The SMILES string of the molecule is CC(C)C(=O)NCC1(N2CCOCC2)CCCCC1.Cl. The molecular weight excluding hydrogens is 276 g/mol. The Labute approximate surface area is 129 Å². The van der Waals surface area contributed by atoms with Crippen molar-refractivity contribution in [1.82, 2.24) is 10.2 Å². The summed E-state index contributed by atoms with van der Waals surface area (Å²) in [6.07, 6.45) is 6.34. The Hall–Kier alpha value is -0.320. The molecule has 0 spiro atoms. The summed E-state index contributed by atoms with van der Waals surface area (Å²) in [7, 11) is 0. The van der Waals surface area contributed by atoms with Crippen molar-refractivity contribution in [1.29, 1.82) is 0 Å². The third-order valence-electron chi connectivity index (χ3n) is 4.58. The van der Waals surface area contributed by atoms with Crippen molar-refractivity contribution in [2.45, 2.75) is 51.5 Å². The van der Waals surface area contributed by atoms with Crippen LogP contribution < -0.4 is 5.32 Å². The van der Waals surface area contributed by atoms with Gasteiger partial charge in [0.1, 0.15) is 0 Å². The van der Waals surface area contributed by atoms with Gasteiger partial charge in [-0.25, -0.2) is 0 Å². The Balaban J connectivity index is 0.00000200. The first kappa shape index (κ1) is 17.7. The zero-order valence-corrected chi connectivity index (χ0v) is 13.6. The first-order chi connectivity index (χ1) is 9.14. The molecule has 1 heterocycles. The normalized spacial score (nSPS) is 23.1. The van der Waals surface area contributed by atoms with Gasteiger partial charge in [-0.3, -0.25) is 9.69 Å². The molecule has 1 aliphatic heterocycles. The number of hydrogen-bond donors (Lipinski definition) is 1. The lowest BCUT2D eigenvalue weighted by Crippen LogP contribution is -2.59. The lowest BCUT2D eigenvalue weighted by Gasteiger charge is -2.48. The van der Waals surface area contributed by atoms with Gasteiger partial charge in [0.05, 0.1) is 13.2 Å². The van der Waals surface area contributed by atoms with Gasteiger partial charge in [-0.2, -0.15) is 0 Å². The molecule has 2 rings (SSSR count). The maximum absolute atomic E-state index is 11.9. The summed E-state index contributed by atoms with van der Waals surface area (Å²) in [5.74, 6) is 0.253. The quantitative estimate of drug-likeness (QED) is 0.866. The molecular formula is C15H29ClN2O2. The predicted molar refractivity (Wildman–Crippen MR) is 83.3 cm³/mol. The molecule has 1 saturated heterocycles. The van der Waals surface area contributed by atoms with Gasteiger partial charge in [-0.1, -0.05) is 33.1 Å². The van der Waals surface area contributed by atoms with Crippen molar-refractivity contribution < 1.29 is 9.53 Å². The van der Waals surface area contributed by atoms with Crippen LogP contribution in [0.15, 0.2) is 0 Å². The number of rotatable bonds is 4. The molecule has 0 bridgehead atoms. The van der Waals surface area contributed by atoms with E-state index in [2.05, 4.69) is 10.2 Å². The molecule has 0 atom stereocenters. The number of amides is 1. The standard InChI is InChI=1S/C15H28N2O2.ClH/c1-13(2)14(18)16-12-15(6-4-3-5-7-15)17-8-10-19-11-9-17;/h13H,3-12H2,1-2H3,(H,16,18);1H. The summed E-state index contributed by atoms with van der Waals surface area (Å²) < 4.78 is 5.47. The van der Waals surface area contributed by atoms with E-state index in [-0.39, 0.29) is 29.8 Å². The molecule has 0 aromatic carbocycles. The topological polar surface area (TPSA) is 41.6 Å². The lowest BCUT2D eigenvalue weighted by atomic mass is 9.79. The molecule has 4 nitrogen and oxygen atoms in total. The third-order valence-corrected chi connectivity index (χ3v) is 4.58. The highest BCUT2D eigenvalue weighted by Gasteiger charge is 2.38. The van der Waals surface area contributed by atoms with E-state index in [1.165, 1.54) is 32.1 Å². The van der Waals surface area contributed by atoms with Gasteiger partial charge < -0.3 is 10.1 Å². The fourth-order valence-electron chi connectivity index (χ4n) is 3.31. The minimum absolute atomic E-state index is 0. The largest absolute Gasteiger partial charge is 0.379 e. The Morgan fingerprint density at radius 1 is 1.20 bits per heavy atom. The number of carbonyl (C=O) groups excluding carboxylic acids is 1. The molecule has 118 valence electrons. The van der Waals surface area contributed by atoms with Gasteiger partial charge >= 0.3 is 0 Å². The van der Waals surface area contributed by atoms with Gasteiger partial charge in [-0.15, -0.1) is 12.4 Å². The molecule has 0 aromatic heterocycles. The summed E-state index contributed by atoms with van der Waals surface area (Å²) >= 11 is 0. The van der Waals surface area contributed by atoms with Crippen LogP contribution >= 0.6 is 12.4 Å². The van der Waals surface area contributed by atoms with Gasteiger partial charge in [0.15, 0.2) is 0 Å². The maximum Gasteiger partial charge on any atom is 0.222 e. The molecule has 2 fully saturated rings. The number of nitrogens with zero attached hydrogens (tertiary/aromatic N) is 1. The van der Waals surface area contributed by atoms with Crippen LogP contribution in [0.5, 0.6) is 0 Å². The number of morpholine rings is 1. The van der Waals surface area contributed by atoms with Crippen LogP contribution in [0.3, 0.4) is 0 Å². The van der Waals surface area contributed by atoms with Crippen molar-refractivity contribution >= 4 is 18.3 Å². The molecule has 0 radical (unpaired) electrons. The van der Waals surface area contributed by atoms with Gasteiger partial charge in [-0.05, 0) is 12.8 Å². The molecule has 0 unspecified atom stereocenters. The fraction of sp³-hybridized carbons (Fsp3) is 0.933. The van der Waals surface area contributed by atoms with Crippen molar-refractivity contribution in [2.24, 2.45) is 5.92 Å². The highest BCUT2D eigenvalue weighted by Crippen LogP contribution is 2.33. The number of nitrogens with one attached hydrogen (secondary N) is 1. The zero-order chi connectivity index (χ0) is 13.7. The minimum atomic E-state index is 0. The second-order valence-electron chi connectivity index (χ2n) is 6.26. The summed E-state index contributed by atoms with van der Waals surface area (Å²) in [6.45, 7) is 8.41. The average Bonchev–Trinajstić information content (AvgIpc) is 2.46. The van der Waals surface area contributed by atoms with Crippen LogP contribution in [0.1, 0.15) is 46.0 Å². The number of ether oxygens (including phenoxy) is 1. The lowest BCUT2D eigenvalue weighted by molar-refractivity contribution is -0.125. The van der Waals surface area contributed by atoms with Gasteiger partial charge in [0.2, 0.25) is 5.91 Å². The van der Waals surface area contributed by atoms with Gasteiger partial charge in [0, 0.05) is 31.1 Å². The molecule has 2 aliphatic rings. The van der Waals surface area contributed by atoms with Gasteiger partial charge in [0.25, 0.3) is 0 Å². The number of hydrogen-bond acceptors (Lipinski definition) is 3. The molecule has 5 heteroatoms. The minimum Gasteiger partial charge on any atom is -0.379 e. The zero-order valence-electron chi connectivity index (χ0n) is 12.8. The van der Waals surface area contributed by atoms with E-state index >= 15 is 0 Å². The van der Waals surface area contributed by atoms with Crippen molar-refractivity contribution in [3.8, 4) is 0 Å². The fourth-order valence-corrected chi connectivity index (χ4v) is 3.31. The molecule has 1 saturated carbocycles. The van der Waals surface area contributed by atoms with Crippen LogP contribution in [0.2, 0.25) is 0 Å². The monoisotopic (exact) mass is 304 g/mol.